The van der Waals surface area contributed by atoms with Gasteiger partial charge in [-0.05, 0) is 40.2 Å². The number of hydrogen-bond acceptors (Lipinski definition) is 3. The van der Waals surface area contributed by atoms with Gasteiger partial charge in [-0.2, -0.15) is 0 Å². The number of hydrogen-bond donors (Lipinski definition) is 1. The largest absolute Gasteiger partial charge is 0.453 e. The van der Waals surface area contributed by atoms with Crippen molar-refractivity contribution in [2.75, 3.05) is 5.32 Å². The number of ether oxygens (including phenoxy) is 1. The first kappa shape index (κ1) is 11.7. The predicted molar refractivity (Wildman–Crippen MR) is 77.9 cm³/mol. The number of rotatable bonds is 0. The van der Waals surface area contributed by atoms with Gasteiger partial charge in [0.25, 0.3) is 0 Å². The van der Waals surface area contributed by atoms with Gasteiger partial charge in [-0.15, -0.1) is 0 Å². The van der Waals surface area contributed by atoms with Gasteiger partial charge in [0, 0.05) is 4.47 Å². The van der Waals surface area contributed by atoms with Gasteiger partial charge in [0.1, 0.15) is 5.69 Å². The Morgan fingerprint density at radius 2 is 1.83 bits per heavy atom. The van der Waals surface area contributed by atoms with Crippen LogP contribution in [0.4, 0.5) is 11.4 Å². The van der Waals surface area contributed by atoms with Crippen LogP contribution < -0.4 is 15.5 Å². The van der Waals surface area contributed by atoms with Gasteiger partial charge >= 0.3 is 0 Å². The average Bonchev–Trinajstić information content (AvgIpc) is 2.45. The van der Waals surface area contributed by atoms with Gasteiger partial charge in [0.15, 0.2) is 11.5 Å². The summed E-state index contributed by atoms with van der Waals surface area (Å²) < 4.78 is 6.99. The highest BCUT2D eigenvalue weighted by atomic mass is 79.9. The summed E-state index contributed by atoms with van der Waals surface area (Å²) >= 11 is 6.63. The third-order valence-corrected chi connectivity index (χ3v) is 3.64. The SMILES string of the molecule is O=c1c(Br)cc(Br)cc2c1Nc1ccccc1O2. The molecule has 0 fully saturated rings. The second-order valence-corrected chi connectivity index (χ2v) is 5.58. The maximum absolute atomic E-state index is 12.2. The first-order chi connectivity index (χ1) is 8.65. The molecular weight excluding hydrogens is 362 g/mol. The van der Waals surface area contributed by atoms with Crippen molar-refractivity contribution in [3.8, 4) is 11.5 Å². The van der Waals surface area contributed by atoms with E-state index in [-0.39, 0.29) is 5.43 Å². The Labute approximate surface area is 120 Å². The summed E-state index contributed by atoms with van der Waals surface area (Å²) in [5, 5.41) is 3.11. The summed E-state index contributed by atoms with van der Waals surface area (Å²) in [5.41, 5.74) is 1.09. The number of fused-ring (bicyclic) bond motifs is 2. The molecule has 0 unspecified atom stereocenters. The molecule has 0 aromatic heterocycles. The minimum Gasteiger partial charge on any atom is -0.453 e. The van der Waals surface area contributed by atoms with Gasteiger partial charge in [0.05, 0.1) is 10.2 Å². The lowest BCUT2D eigenvalue weighted by Gasteiger charge is -2.19. The number of nitrogens with one attached hydrogen (secondary N) is 1. The van der Waals surface area contributed by atoms with Crippen LogP contribution in [-0.2, 0) is 0 Å². The molecule has 1 heterocycles. The van der Waals surface area contributed by atoms with Gasteiger partial charge in [0.2, 0.25) is 5.43 Å². The van der Waals surface area contributed by atoms with Crippen LogP contribution in [0.1, 0.15) is 0 Å². The molecule has 0 aliphatic carbocycles. The molecule has 0 saturated heterocycles. The van der Waals surface area contributed by atoms with Crippen molar-refractivity contribution in [1.29, 1.82) is 0 Å². The van der Waals surface area contributed by atoms with Crippen LogP contribution >= 0.6 is 31.9 Å². The molecular formula is C13H7Br2NO2. The van der Waals surface area contributed by atoms with Gasteiger partial charge in [-0.3, -0.25) is 4.79 Å². The second kappa shape index (κ2) is 4.40. The number of anilines is 2. The molecule has 0 bridgehead atoms. The first-order valence-corrected chi connectivity index (χ1v) is 6.81. The molecule has 1 aliphatic heterocycles. The molecule has 0 radical (unpaired) electrons. The molecule has 0 amide bonds. The molecule has 1 aliphatic rings. The van der Waals surface area contributed by atoms with E-state index in [1.165, 1.54) is 0 Å². The van der Waals surface area contributed by atoms with Crippen molar-refractivity contribution in [2.45, 2.75) is 0 Å². The van der Waals surface area contributed by atoms with Crippen molar-refractivity contribution in [1.82, 2.24) is 0 Å². The smallest absolute Gasteiger partial charge is 0.220 e. The standard InChI is InChI=1S/C13H7Br2NO2/c14-7-5-8(15)13(17)12-11(6-7)18-10-4-2-1-3-9(10)16-12/h1-6,16H. The summed E-state index contributed by atoms with van der Waals surface area (Å²) in [7, 11) is 0. The molecule has 0 saturated carbocycles. The van der Waals surface area contributed by atoms with E-state index < -0.39 is 0 Å². The van der Waals surface area contributed by atoms with E-state index in [2.05, 4.69) is 37.2 Å². The summed E-state index contributed by atoms with van der Waals surface area (Å²) in [6.45, 7) is 0. The van der Waals surface area contributed by atoms with Crippen molar-refractivity contribution in [3.05, 3.63) is 55.6 Å². The third kappa shape index (κ3) is 1.93. The molecule has 0 spiro atoms. The monoisotopic (exact) mass is 367 g/mol. The maximum atomic E-state index is 12.2. The Kier molecular flexibility index (Phi) is 2.87. The van der Waals surface area contributed by atoms with Crippen LogP contribution in [0.3, 0.4) is 0 Å². The lowest BCUT2D eigenvalue weighted by atomic mass is 10.2. The predicted octanol–water partition coefficient (Wildman–Crippen LogP) is 4.42. The number of benzene rings is 1. The Hall–Kier alpha value is -1.33. The molecule has 5 heteroatoms. The number of para-hydroxylation sites is 2. The Morgan fingerprint density at radius 3 is 2.67 bits per heavy atom. The van der Waals surface area contributed by atoms with E-state index in [0.717, 1.165) is 10.2 Å². The van der Waals surface area contributed by atoms with E-state index >= 15 is 0 Å². The summed E-state index contributed by atoms with van der Waals surface area (Å²) in [6.07, 6.45) is 0. The average molecular weight is 369 g/mol. The molecule has 3 rings (SSSR count). The van der Waals surface area contributed by atoms with Gasteiger partial charge in [-0.1, -0.05) is 28.1 Å². The lowest BCUT2D eigenvalue weighted by molar-refractivity contribution is 0.481. The maximum Gasteiger partial charge on any atom is 0.220 e. The summed E-state index contributed by atoms with van der Waals surface area (Å²) in [5.74, 6) is 1.22. The zero-order valence-electron chi connectivity index (χ0n) is 9.04. The van der Waals surface area contributed by atoms with Crippen molar-refractivity contribution in [2.24, 2.45) is 0 Å². The Morgan fingerprint density at radius 1 is 1.06 bits per heavy atom. The lowest BCUT2D eigenvalue weighted by Crippen LogP contribution is -2.11. The summed E-state index contributed by atoms with van der Waals surface area (Å²) in [4.78, 5) is 12.2. The molecule has 0 atom stereocenters. The van der Waals surface area contributed by atoms with Crippen molar-refractivity contribution < 1.29 is 4.74 Å². The van der Waals surface area contributed by atoms with Crippen LogP contribution in [0.2, 0.25) is 0 Å². The van der Waals surface area contributed by atoms with Gasteiger partial charge < -0.3 is 10.1 Å². The van der Waals surface area contributed by atoms with Crippen molar-refractivity contribution in [3.63, 3.8) is 0 Å². The second-order valence-electron chi connectivity index (χ2n) is 3.81. The molecule has 90 valence electrons. The molecule has 2 aromatic rings. The zero-order chi connectivity index (χ0) is 12.7. The molecule has 3 nitrogen and oxygen atoms in total. The fourth-order valence-corrected chi connectivity index (χ4v) is 2.96. The molecule has 2 aromatic carbocycles. The fraction of sp³-hybridized carbons (Fsp3) is 0. The van der Waals surface area contributed by atoms with Crippen LogP contribution in [0.5, 0.6) is 11.5 Å². The van der Waals surface area contributed by atoms with E-state index in [1.54, 1.807) is 12.1 Å². The van der Waals surface area contributed by atoms with Crippen molar-refractivity contribution >= 4 is 43.2 Å². The minimum absolute atomic E-state index is 0.134. The van der Waals surface area contributed by atoms with Crippen LogP contribution in [0.15, 0.2) is 50.1 Å². The van der Waals surface area contributed by atoms with E-state index in [1.807, 2.05) is 24.3 Å². The zero-order valence-corrected chi connectivity index (χ0v) is 12.2. The van der Waals surface area contributed by atoms with Crippen LogP contribution in [-0.4, -0.2) is 0 Å². The highest BCUT2D eigenvalue weighted by Crippen LogP contribution is 2.40. The highest BCUT2D eigenvalue weighted by molar-refractivity contribution is 9.11. The number of halogens is 2. The van der Waals surface area contributed by atoms with E-state index in [0.29, 0.717) is 21.7 Å². The highest BCUT2D eigenvalue weighted by Gasteiger charge is 2.19. The quantitative estimate of drug-likeness (QED) is 0.638. The first-order valence-electron chi connectivity index (χ1n) is 5.22. The van der Waals surface area contributed by atoms with Crippen LogP contribution in [0, 0.1) is 0 Å². The fourth-order valence-electron chi connectivity index (χ4n) is 1.77. The Bertz CT molecular complexity index is 701. The van der Waals surface area contributed by atoms with E-state index in [4.69, 9.17) is 4.74 Å². The Balaban J connectivity index is 2.27. The summed E-state index contributed by atoms with van der Waals surface area (Å²) in [6, 6.07) is 11.0. The van der Waals surface area contributed by atoms with Gasteiger partial charge in [-0.25, -0.2) is 0 Å². The molecule has 1 N–H and O–H groups in total. The minimum atomic E-state index is -0.134. The molecule has 18 heavy (non-hydrogen) atoms. The third-order valence-electron chi connectivity index (χ3n) is 2.59. The van der Waals surface area contributed by atoms with Crippen LogP contribution in [0.25, 0.3) is 0 Å². The van der Waals surface area contributed by atoms with E-state index in [9.17, 15) is 4.79 Å². The normalized spacial score (nSPS) is 11.9. The topological polar surface area (TPSA) is 38.3 Å².